The molecular weight excluding hydrogens is 382 g/mol. The topological polar surface area (TPSA) is 96.0 Å². The van der Waals surface area contributed by atoms with Crippen LogP contribution < -0.4 is 14.3 Å². The van der Waals surface area contributed by atoms with E-state index in [-0.39, 0.29) is 11.3 Å². The highest BCUT2D eigenvalue weighted by atomic mass is 32.1. The number of nitro benzene ring substituents is 1. The zero-order valence-electron chi connectivity index (χ0n) is 15.2. The van der Waals surface area contributed by atoms with Crippen LogP contribution in [0.25, 0.3) is 10.2 Å². The number of aromatic nitrogens is 1. The number of benzene rings is 2. The summed E-state index contributed by atoms with van der Waals surface area (Å²) in [7, 11) is 3.09. The molecule has 0 atom stereocenters. The van der Waals surface area contributed by atoms with E-state index in [2.05, 4.69) is 11.6 Å². The summed E-state index contributed by atoms with van der Waals surface area (Å²) in [4.78, 5) is 27.6. The van der Waals surface area contributed by atoms with Crippen LogP contribution in [-0.2, 0) is 6.54 Å². The highest BCUT2D eigenvalue weighted by molar-refractivity contribution is 7.16. The zero-order valence-corrected chi connectivity index (χ0v) is 16.1. The van der Waals surface area contributed by atoms with Gasteiger partial charge >= 0.3 is 0 Å². The molecule has 0 saturated carbocycles. The van der Waals surface area contributed by atoms with Crippen LogP contribution in [-0.4, -0.2) is 29.6 Å². The van der Waals surface area contributed by atoms with Crippen LogP contribution in [0.2, 0.25) is 0 Å². The monoisotopic (exact) mass is 399 g/mol. The van der Waals surface area contributed by atoms with Gasteiger partial charge in [-0.3, -0.25) is 14.9 Å². The average molecular weight is 399 g/mol. The second kappa shape index (κ2) is 8.05. The quantitative estimate of drug-likeness (QED) is 0.359. The number of non-ortho nitro benzene ring substituents is 1. The molecule has 28 heavy (non-hydrogen) atoms. The fourth-order valence-electron chi connectivity index (χ4n) is 2.69. The van der Waals surface area contributed by atoms with Crippen molar-refractivity contribution in [2.45, 2.75) is 6.54 Å². The summed E-state index contributed by atoms with van der Waals surface area (Å²) < 4.78 is 13.4. The van der Waals surface area contributed by atoms with Gasteiger partial charge in [0.15, 0.2) is 16.3 Å². The van der Waals surface area contributed by atoms with Crippen molar-refractivity contribution < 1.29 is 19.2 Å². The Balaban J connectivity index is 2.17. The molecule has 0 saturated heterocycles. The largest absolute Gasteiger partial charge is 0.493 e. The van der Waals surface area contributed by atoms with Crippen LogP contribution in [0.1, 0.15) is 10.4 Å². The van der Waals surface area contributed by atoms with Gasteiger partial charge in [-0.05, 0) is 6.07 Å². The van der Waals surface area contributed by atoms with E-state index in [1.807, 2.05) is 16.7 Å². The lowest BCUT2D eigenvalue weighted by Crippen LogP contribution is -2.16. The third-order valence-electron chi connectivity index (χ3n) is 4.00. The molecule has 2 aromatic carbocycles. The van der Waals surface area contributed by atoms with Gasteiger partial charge in [0, 0.05) is 36.4 Å². The van der Waals surface area contributed by atoms with Gasteiger partial charge in [-0.25, -0.2) is 0 Å². The molecule has 0 aliphatic rings. The molecule has 1 aromatic heterocycles. The van der Waals surface area contributed by atoms with Gasteiger partial charge in [0.05, 0.1) is 29.4 Å². The Hall–Kier alpha value is -3.46. The Kier molecular flexibility index (Phi) is 5.55. The smallest absolute Gasteiger partial charge is 0.279 e. The summed E-state index contributed by atoms with van der Waals surface area (Å²) in [5.41, 5.74) is 0.797. The Morgan fingerprint density at radius 3 is 2.64 bits per heavy atom. The summed E-state index contributed by atoms with van der Waals surface area (Å²) >= 11 is 1.30. The lowest BCUT2D eigenvalue weighted by molar-refractivity contribution is -0.384. The number of fused-ring (bicyclic) bond motifs is 1. The molecule has 0 aliphatic carbocycles. The number of hydrogen-bond donors (Lipinski definition) is 0. The van der Waals surface area contributed by atoms with E-state index in [1.54, 1.807) is 20.3 Å². The maximum absolute atomic E-state index is 12.6. The molecule has 3 aromatic rings. The number of nitrogens with zero attached hydrogens (tertiary/aromatic N) is 3. The lowest BCUT2D eigenvalue weighted by atomic mass is 10.2. The molecule has 0 aliphatic heterocycles. The normalized spacial score (nSPS) is 11.4. The first kappa shape index (κ1) is 19.3. The summed E-state index contributed by atoms with van der Waals surface area (Å²) in [6.45, 7) is 4.18. The fraction of sp³-hybridized carbons (Fsp3) is 0.158. The first-order valence-corrected chi connectivity index (χ1v) is 9.00. The van der Waals surface area contributed by atoms with Gasteiger partial charge in [-0.15, -0.1) is 6.58 Å². The van der Waals surface area contributed by atoms with Crippen LogP contribution in [0, 0.1) is 10.1 Å². The average Bonchev–Trinajstić information content (AvgIpc) is 3.03. The highest BCUT2D eigenvalue weighted by Gasteiger charge is 2.14. The first-order chi connectivity index (χ1) is 13.5. The Labute approximate surface area is 164 Å². The van der Waals surface area contributed by atoms with E-state index >= 15 is 0 Å². The minimum absolute atomic E-state index is 0.145. The molecule has 8 nitrogen and oxygen atoms in total. The fourth-order valence-corrected chi connectivity index (χ4v) is 3.74. The molecule has 0 fully saturated rings. The van der Waals surface area contributed by atoms with E-state index in [0.29, 0.717) is 22.8 Å². The molecule has 1 heterocycles. The Morgan fingerprint density at radius 1 is 1.29 bits per heavy atom. The van der Waals surface area contributed by atoms with Crippen LogP contribution in [0.5, 0.6) is 11.5 Å². The molecule has 144 valence electrons. The minimum atomic E-state index is -0.563. The van der Waals surface area contributed by atoms with Crippen molar-refractivity contribution in [3.05, 3.63) is 69.5 Å². The predicted octanol–water partition coefficient (Wildman–Crippen LogP) is 3.56. The molecule has 9 heteroatoms. The number of carbonyl (C=O) groups excluding carboxylic acids is 1. The van der Waals surface area contributed by atoms with Crippen molar-refractivity contribution in [2.75, 3.05) is 14.2 Å². The van der Waals surface area contributed by atoms with Gasteiger partial charge in [-0.2, -0.15) is 4.99 Å². The van der Waals surface area contributed by atoms with Gasteiger partial charge in [-0.1, -0.05) is 23.5 Å². The lowest BCUT2D eigenvalue weighted by Gasteiger charge is -2.08. The molecule has 3 rings (SSSR count). The predicted molar refractivity (Wildman–Crippen MR) is 106 cm³/mol. The van der Waals surface area contributed by atoms with E-state index in [4.69, 9.17) is 9.47 Å². The number of amides is 1. The van der Waals surface area contributed by atoms with Crippen molar-refractivity contribution in [3.8, 4) is 11.5 Å². The van der Waals surface area contributed by atoms with Crippen molar-refractivity contribution >= 4 is 33.1 Å². The number of methoxy groups -OCH3 is 2. The Morgan fingerprint density at radius 2 is 2.00 bits per heavy atom. The van der Waals surface area contributed by atoms with Crippen LogP contribution in [0.4, 0.5) is 5.69 Å². The van der Waals surface area contributed by atoms with Crippen LogP contribution in [0.3, 0.4) is 0 Å². The number of nitro groups is 1. The van der Waals surface area contributed by atoms with Crippen molar-refractivity contribution in [3.63, 3.8) is 0 Å². The van der Waals surface area contributed by atoms with Crippen molar-refractivity contribution in [1.82, 2.24) is 4.57 Å². The van der Waals surface area contributed by atoms with Gasteiger partial charge in [0.1, 0.15) is 0 Å². The van der Waals surface area contributed by atoms with Crippen molar-refractivity contribution in [2.24, 2.45) is 4.99 Å². The van der Waals surface area contributed by atoms with E-state index in [0.717, 1.165) is 10.2 Å². The molecule has 0 radical (unpaired) electrons. The molecule has 0 unspecified atom stereocenters. The molecular formula is C19H17N3O5S. The van der Waals surface area contributed by atoms with E-state index in [9.17, 15) is 14.9 Å². The third kappa shape index (κ3) is 3.65. The number of thiazole rings is 1. The number of carbonyl (C=O) groups is 1. The van der Waals surface area contributed by atoms with Crippen LogP contribution in [0.15, 0.2) is 54.0 Å². The second-order valence-corrected chi connectivity index (χ2v) is 6.69. The molecule has 0 bridgehead atoms. The van der Waals surface area contributed by atoms with E-state index < -0.39 is 10.8 Å². The van der Waals surface area contributed by atoms with Crippen molar-refractivity contribution in [1.29, 1.82) is 0 Å². The van der Waals surface area contributed by atoms with E-state index in [1.165, 1.54) is 35.6 Å². The molecule has 0 N–H and O–H groups in total. The van der Waals surface area contributed by atoms with Crippen LogP contribution >= 0.6 is 11.3 Å². The van der Waals surface area contributed by atoms with Gasteiger partial charge < -0.3 is 14.0 Å². The first-order valence-electron chi connectivity index (χ1n) is 8.18. The summed E-state index contributed by atoms with van der Waals surface area (Å²) in [6, 6.07) is 9.12. The van der Waals surface area contributed by atoms with Gasteiger partial charge in [0.2, 0.25) is 0 Å². The number of ether oxygens (including phenoxy) is 2. The molecule has 0 spiro atoms. The maximum Gasteiger partial charge on any atom is 0.279 e. The standard InChI is InChI=1S/C19H17N3O5S/c1-4-8-21-14-10-15(26-2)16(27-3)11-17(14)28-19(21)20-18(23)12-6-5-7-13(9-12)22(24)25/h4-7,9-11H,1,8H2,2-3H3. The summed E-state index contributed by atoms with van der Waals surface area (Å²) in [5, 5.41) is 10.9. The van der Waals surface area contributed by atoms with Gasteiger partial charge in [0.25, 0.3) is 11.6 Å². The SMILES string of the molecule is C=CCn1c(=NC(=O)c2cccc([N+](=O)[O-])c2)sc2cc(OC)c(OC)cc21. The Bertz CT molecular complexity index is 1150. The zero-order chi connectivity index (χ0) is 20.3. The maximum atomic E-state index is 12.6. The second-order valence-electron chi connectivity index (χ2n) is 5.68. The minimum Gasteiger partial charge on any atom is -0.493 e. The highest BCUT2D eigenvalue weighted by Crippen LogP contribution is 2.33. The summed E-state index contributed by atoms with van der Waals surface area (Å²) in [6.07, 6.45) is 1.69. The number of allylic oxidation sites excluding steroid dienone is 1. The number of rotatable bonds is 6. The summed E-state index contributed by atoms with van der Waals surface area (Å²) in [5.74, 6) is 0.563. The molecule has 1 amide bonds. The number of hydrogen-bond acceptors (Lipinski definition) is 6. The third-order valence-corrected chi connectivity index (χ3v) is 5.04.